The van der Waals surface area contributed by atoms with Crippen LogP contribution in [-0.2, 0) is 11.3 Å². The molecule has 0 fully saturated rings. The first-order valence-corrected chi connectivity index (χ1v) is 6.69. The van der Waals surface area contributed by atoms with Crippen LogP contribution in [0, 0.1) is 0 Å². The summed E-state index contributed by atoms with van der Waals surface area (Å²) >= 11 is 1.47. The van der Waals surface area contributed by atoms with E-state index >= 15 is 0 Å². The van der Waals surface area contributed by atoms with E-state index < -0.39 is 0 Å². The van der Waals surface area contributed by atoms with Gasteiger partial charge in [0.25, 0.3) is 0 Å². The van der Waals surface area contributed by atoms with E-state index in [2.05, 4.69) is 15.6 Å². The van der Waals surface area contributed by atoms with Gasteiger partial charge in [-0.05, 0) is 17.7 Å². The molecule has 1 amide bonds. The Morgan fingerprint density at radius 1 is 1.37 bits per heavy atom. The van der Waals surface area contributed by atoms with Gasteiger partial charge in [0.2, 0.25) is 5.91 Å². The van der Waals surface area contributed by atoms with E-state index in [9.17, 15) is 4.79 Å². The van der Waals surface area contributed by atoms with Gasteiger partial charge in [-0.3, -0.25) is 4.79 Å². The first-order chi connectivity index (χ1) is 9.28. The van der Waals surface area contributed by atoms with Crippen LogP contribution in [0.4, 0.5) is 5.13 Å². The van der Waals surface area contributed by atoms with Gasteiger partial charge in [-0.25, -0.2) is 4.98 Å². The van der Waals surface area contributed by atoms with Crippen molar-refractivity contribution in [1.29, 1.82) is 0 Å². The molecule has 1 aromatic heterocycles. The highest BCUT2D eigenvalue weighted by molar-refractivity contribution is 7.13. The second kappa shape index (κ2) is 6.75. The van der Waals surface area contributed by atoms with Crippen molar-refractivity contribution in [2.24, 2.45) is 0 Å². The Hall–Kier alpha value is -2.08. The molecule has 0 radical (unpaired) electrons. The molecule has 2 N–H and O–H groups in total. The highest BCUT2D eigenvalue weighted by Crippen LogP contribution is 2.11. The number of thiazole rings is 1. The SMILES string of the molecule is COc1ccc(CNC(=O)CNc2nccs2)cc1. The van der Waals surface area contributed by atoms with Gasteiger partial charge in [-0.15, -0.1) is 11.3 Å². The molecule has 1 aromatic carbocycles. The maximum atomic E-state index is 11.6. The summed E-state index contributed by atoms with van der Waals surface area (Å²) in [6.07, 6.45) is 1.70. The maximum Gasteiger partial charge on any atom is 0.239 e. The van der Waals surface area contributed by atoms with Crippen molar-refractivity contribution in [2.75, 3.05) is 19.0 Å². The minimum Gasteiger partial charge on any atom is -0.497 e. The normalized spacial score (nSPS) is 9.95. The molecule has 0 aliphatic carbocycles. The number of hydrogen-bond acceptors (Lipinski definition) is 5. The summed E-state index contributed by atoms with van der Waals surface area (Å²) in [6, 6.07) is 7.59. The van der Waals surface area contributed by atoms with Crippen LogP contribution in [0.1, 0.15) is 5.56 Å². The van der Waals surface area contributed by atoms with E-state index in [4.69, 9.17) is 4.74 Å². The predicted octanol–water partition coefficient (Wildman–Crippen LogP) is 1.88. The van der Waals surface area contributed by atoms with E-state index in [1.165, 1.54) is 11.3 Å². The lowest BCUT2D eigenvalue weighted by atomic mass is 10.2. The molecule has 100 valence electrons. The Bertz CT molecular complexity index is 511. The monoisotopic (exact) mass is 277 g/mol. The summed E-state index contributed by atoms with van der Waals surface area (Å²) in [7, 11) is 1.63. The van der Waals surface area contributed by atoms with Crippen LogP contribution < -0.4 is 15.4 Å². The van der Waals surface area contributed by atoms with Crippen LogP contribution in [0.2, 0.25) is 0 Å². The Morgan fingerprint density at radius 3 is 2.79 bits per heavy atom. The van der Waals surface area contributed by atoms with Gasteiger partial charge in [0, 0.05) is 18.1 Å². The molecule has 19 heavy (non-hydrogen) atoms. The molecule has 6 heteroatoms. The average molecular weight is 277 g/mol. The zero-order chi connectivity index (χ0) is 13.5. The second-order valence-corrected chi connectivity index (χ2v) is 4.71. The van der Waals surface area contributed by atoms with Crippen molar-refractivity contribution in [2.45, 2.75) is 6.54 Å². The number of carbonyl (C=O) groups is 1. The summed E-state index contributed by atoms with van der Waals surface area (Å²) in [4.78, 5) is 15.7. The molecule has 2 rings (SSSR count). The van der Waals surface area contributed by atoms with E-state index in [1.807, 2.05) is 29.6 Å². The number of nitrogens with one attached hydrogen (secondary N) is 2. The molecule has 0 saturated carbocycles. The molecule has 0 unspecified atom stereocenters. The third-order valence-electron chi connectivity index (χ3n) is 2.48. The zero-order valence-electron chi connectivity index (χ0n) is 10.6. The molecule has 0 bridgehead atoms. The number of nitrogens with zero attached hydrogens (tertiary/aromatic N) is 1. The van der Waals surface area contributed by atoms with Crippen LogP contribution in [0.15, 0.2) is 35.8 Å². The van der Waals surface area contributed by atoms with Crippen LogP contribution in [0.3, 0.4) is 0 Å². The fraction of sp³-hybridized carbons (Fsp3) is 0.231. The number of carbonyl (C=O) groups excluding carboxylic acids is 1. The van der Waals surface area contributed by atoms with Gasteiger partial charge < -0.3 is 15.4 Å². The molecule has 0 atom stereocenters. The lowest BCUT2D eigenvalue weighted by molar-refractivity contribution is -0.119. The van der Waals surface area contributed by atoms with Crippen molar-refractivity contribution in [1.82, 2.24) is 10.3 Å². The number of benzene rings is 1. The van der Waals surface area contributed by atoms with Crippen LogP contribution >= 0.6 is 11.3 Å². The van der Waals surface area contributed by atoms with Crippen LogP contribution in [0.5, 0.6) is 5.75 Å². The number of hydrogen-bond donors (Lipinski definition) is 2. The molecule has 0 aliphatic rings. The van der Waals surface area contributed by atoms with Crippen LogP contribution in [0.25, 0.3) is 0 Å². The summed E-state index contributed by atoms with van der Waals surface area (Å²) < 4.78 is 5.07. The van der Waals surface area contributed by atoms with Gasteiger partial charge in [0.15, 0.2) is 5.13 Å². The second-order valence-electron chi connectivity index (χ2n) is 3.82. The van der Waals surface area contributed by atoms with Crippen molar-refractivity contribution >= 4 is 22.4 Å². The van der Waals surface area contributed by atoms with Crippen LogP contribution in [-0.4, -0.2) is 24.5 Å². The molecule has 1 heterocycles. The fourth-order valence-electron chi connectivity index (χ4n) is 1.47. The van der Waals surface area contributed by atoms with Crippen molar-refractivity contribution in [3.63, 3.8) is 0 Å². The molecule has 0 saturated heterocycles. The summed E-state index contributed by atoms with van der Waals surface area (Å²) in [6.45, 7) is 0.728. The van der Waals surface area contributed by atoms with Crippen molar-refractivity contribution in [3.8, 4) is 5.75 Å². The summed E-state index contributed by atoms with van der Waals surface area (Å²) in [5.74, 6) is 0.742. The smallest absolute Gasteiger partial charge is 0.239 e. The van der Waals surface area contributed by atoms with Gasteiger partial charge in [-0.1, -0.05) is 12.1 Å². The Balaban J connectivity index is 1.73. The number of ether oxygens (including phenoxy) is 1. The largest absolute Gasteiger partial charge is 0.497 e. The van der Waals surface area contributed by atoms with E-state index in [0.717, 1.165) is 16.4 Å². The molecule has 2 aromatic rings. The molecule has 0 aliphatic heterocycles. The summed E-state index contributed by atoms with van der Waals surface area (Å²) in [5.41, 5.74) is 1.03. The molecule has 5 nitrogen and oxygen atoms in total. The zero-order valence-corrected chi connectivity index (χ0v) is 11.4. The van der Waals surface area contributed by atoms with Gasteiger partial charge in [-0.2, -0.15) is 0 Å². The number of aromatic nitrogens is 1. The van der Waals surface area contributed by atoms with E-state index in [0.29, 0.717) is 6.54 Å². The molecular formula is C13H15N3O2S. The minimum atomic E-state index is -0.0639. The Labute approximate surface area is 115 Å². The van der Waals surface area contributed by atoms with E-state index in [1.54, 1.807) is 13.3 Å². The quantitative estimate of drug-likeness (QED) is 0.846. The standard InChI is InChI=1S/C13H15N3O2S/c1-18-11-4-2-10(3-5-11)8-15-12(17)9-16-13-14-6-7-19-13/h2-7H,8-9H2,1H3,(H,14,16)(H,15,17). The Morgan fingerprint density at radius 2 is 2.16 bits per heavy atom. The Kier molecular flexibility index (Phi) is 4.74. The van der Waals surface area contributed by atoms with Gasteiger partial charge in [0.1, 0.15) is 5.75 Å². The third kappa shape index (κ3) is 4.26. The van der Waals surface area contributed by atoms with E-state index in [-0.39, 0.29) is 12.5 Å². The number of anilines is 1. The van der Waals surface area contributed by atoms with Gasteiger partial charge >= 0.3 is 0 Å². The first-order valence-electron chi connectivity index (χ1n) is 5.81. The highest BCUT2D eigenvalue weighted by Gasteiger charge is 2.02. The maximum absolute atomic E-state index is 11.6. The van der Waals surface area contributed by atoms with Gasteiger partial charge in [0.05, 0.1) is 13.7 Å². The minimum absolute atomic E-state index is 0.0639. The number of methoxy groups -OCH3 is 1. The number of rotatable bonds is 6. The molecule has 0 spiro atoms. The molecular weight excluding hydrogens is 262 g/mol. The van der Waals surface area contributed by atoms with Crippen molar-refractivity contribution < 1.29 is 9.53 Å². The third-order valence-corrected chi connectivity index (χ3v) is 3.21. The predicted molar refractivity (Wildman–Crippen MR) is 75.4 cm³/mol. The first kappa shape index (κ1) is 13.4. The topological polar surface area (TPSA) is 63.2 Å². The lowest BCUT2D eigenvalue weighted by Gasteiger charge is -2.06. The summed E-state index contributed by atoms with van der Waals surface area (Å²) in [5, 5.41) is 8.40. The fourth-order valence-corrected chi connectivity index (χ4v) is 2.00. The highest BCUT2D eigenvalue weighted by atomic mass is 32.1. The lowest BCUT2D eigenvalue weighted by Crippen LogP contribution is -2.29. The van der Waals surface area contributed by atoms with Crippen molar-refractivity contribution in [3.05, 3.63) is 41.4 Å². The number of amides is 1. The average Bonchev–Trinajstić information content (AvgIpc) is 2.96.